The Balaban J connectivity index is 2.13. The number of alkyl halides is 1. The maximum absolute atomic E-state index is 11.4. The molecule has 0 fully saturated rings. The van der Waals surface area contributed by atoms with E-state index < -0.39 is 0 Å². The summed E-state index contributed by atoms with van der Waals surface area (Å²) >= 11 is 5.51. The third-order valence-electron chi connectivity index (χ3n) is 2.57. The van der Waals surface area contributed by atoms with Crippen molar-refractivity contribution in [2.24, 2.45) is 0 Å². The van der Waals surface area contributed by atoms with Crippen LogP contribution in [0, 0.1) is 0 Å². The van der Waals surface area contributed by atoms with Crippen molar-refractivity contribution in [3.8, 4) is 0 Å². The van der Waals surface area contributed by atoms with Gasteiger partial charge in [-0.25, -0.2) is 0 Å². The van der Waals surface area contributed by atoms with E-state index in [1.807, 2.05) is 37.3 Å². The van der Waals surface area contributed by atoms with Gasteiger partial charge in [-0.15, -0.1) is 11.6 Å². The average Bonchev–Trinajstić information content (AvgIpc) is 2.72. The molecule has 1 aromatic carbocycles. The number of benzene rings is 1. The molecule has 0 radical (unpaired) electrons. The highest BCUT2D eigenvalue weighted by molar-refractivity contribution is 6.18. The molecule has 0 aliphatic rings. The Morgan fingerprint density at radius 3 is 2.94 bits per heavy atom. The largest absolute Gasteiger partial charge is 0.459 e. The van der Waals surface area contributed by atoms with Crippen molar-refractivity contribution in [1.29, 1.82) is 0 Å². The number of carbonyl (C=O) groups excluding carboxylic acids is 1. The highest BCUT2D eigenvalue weighted by Crippen LogP contribution is 2.23. The molecule has 1 N–H and O–H groups in total. The minimum absolute atomic E-state index is 0.0621. The van der Waals surface area contributed by atoms with Crippen LogP contribution >= 0.6 is 11.6 Å². The van der Waals surface area contributed by atoms with E-state index in [-0.39, 0.29) is 11.9 Å². The van der Waals surface area contributed by atoms with Crippen LogP contribution in [0.15, 0.2) is 34.7 Å². The molecule has 0 aliphatic carbocycles. The van der Waals surface area contributed by atoms with Gasteiger partial charge in [0.05, 0.1) is 6.04 Å². The van der Waals surface area contributed by atoms with Crippen LogP contribution in [0.2, 0.25) is 0 Å². The van der Waals surface area contributed by atoms with Crippen LogP contribution in [0.5, 0.6) is 0 Å². The summed E-state index contributed by atoms with van der Waals surface area (Å²) in [4.78, 5) is 11.4. The molecule has 0 spiro atoms. The van der Waals surface area contributed by atoms with Gasteiger partial charge in [0, 0.05) is 17.7 Å². The fraction of sp³-hybridized carbons (Fsp3) is 0.308. The zero-order valence-electron chi connectivity index (χ0n) is 9.57. The number of hydrogen-bond donors (Lipinski definition) is 1. The zero-order chi connectivity index (χ0) is 12.3. The lowest BCUT2D eigenvalue weighted by molar-refractivity contribution is -0.121. The van der Waals surface area contributed by atoms with Gasteiger partial charge in [-0.2, -0.15) is 0 Å². The number of fused-ring (bicyclic) bond motifs is 1. The Kier molecular flexibility index (Phi) is 3.69. The first-order valence-corrected chi connectivity index (χ1v) is 6.08. The van der Waals surface area contributed by atoms with E-state index in [1.165, 1.54) is 0 Å². The second-order valence-corrected chi connectivity index (χ2v) is 4.29. The van der Waals surface area contributed by atoms with Crippen LogP contribution in [0.3, 0.4) is 0 Å². The van der Waals surface area contributed by atoms with Gasteiger partial charge in [-0.1, -0.05) is 18.2 Å². The molecule has 3 nitrogen and oxygen atoms in total. The van der Waals surface area contributed by atoms with Gasteiger partial charge >= 0.3 is 0 Å². The van der Waals surface area contributed by atoms with Gasteiger partial charge in [0.1, 0.15) is 11.3 Å². The van der Waals surface area contributed by atoms with Gasteiger partial charge in [0.15, 0.2) is 0 Å². The molecule has 4 heteroatoms. The van der Waals surface area contributed by atoms with Crippen molar-refractivity contribution >= 4 is 28.5 Å². The molecular weight excluding hydrogens is 238 g/mol. The topological polar surface area (TPSA) is 42.2 Å². The number of furan rings is 1. The molecule has 0 bridgehead atoms. The summed E-state index contributed by atoms with van der Waals surface area (Å²) in [6.45, 7) is 1.89. The fourth-order valence-electron chi connectivity index (χ4n) is 1.69. The minimum atomic E-state index is -0.141. The van der Waals surface area contributed by atoms with E-state index in [0.717, 1.165) is 16.7 Å². The molecule has 1 atom stereocenters. The molecule has 2 rings (SSSR count). The van der Waals surface area contributed by atoms with Crippen molar-refractivity contribution in [3.63, 3.8) is 0 Å². The summed E-state index contributed by atoms with van der Waals surface area (Å²) in [5.74, 6) is 1.03. The number of halogens is 1. The van der Waals surface area contributed by atoms with Gasteiger partial charge in [-0.05, 0) is 19.1 Å². The summed E-state index contributed by atoms with van der Waals surface area (Å²) < 4.78 is 5.66. The number of amides is 1. The van der Waals surface area contributed by atoms with Crippen LogP contribution in [0.4, 0.5) is 0 Å². The number of rotatable bonds is 4. The Hall–Kier alpha value is -1.48. The first-order valence-electron chi connectivity index (χ1n) is 5.54. The second-order valence-electron chi connectivity index (χ2n) is 3.91. The third-order valence-corrected chi connectivity index (χ3v) is 2.76. The predicted molar refractivity (Wildman–Crippen MR) is 68.1 cm³/mol. The van der Waals surface area contributed by atoms with E-state index in [2.05, 4.69) is 5.32 Å². The van der Waals surface area contributed by atoms with Crippen LogP contribution in [-0.4, -0.2) is 11.8 Å². The van der Waals surface area contributed by atoms with Gasteiger partial charge in [0.2, 0.25) is 5.91 Å². The third kappa shape index (κ3) is 2.80. The van der Waals surface area contributed by atoms with E-state index in [0.29, 0.717) is 12.3 Å². The van der Waals surface area contributed by atoms with Crippen LogP contribution in [-0.2, 0) is 4.79 Å². The summed E-state index contributed by atoms with van der Waals surface area (Å²) in [6.07, 6.45) is 0.326. The van der Waals surface area contributed by atoms with E-state index in [1.54, 1.807) is 0 Å². The normalized spacial score (nSPS) is 12.6. The van der Waals surface area contributed by atoms with Gasteiger partial charge in [0.25, 0.3) is 0 Å². The van der Waals surface area contributed by atoms with Gasteiger partial charge in [-0.3, -0.25) is 4.79 Å². The Morgan fingerprint density at radius 1 is 1.47 bits per heavy atom. The SMILES string of the molecule is CC(NC(=O)CCCl)c1cc2ccccc2o1. The zero-order valence-corrected chi connectivity index (χ0v) is 10.3. The van der Waals surface area contributed by atoms with Crippen molar-refractivity contribution in [2.45, 2.75) is 19.4 Å². The Labute approximate surface area is 105 Å². The molecule has 0 aliphatic heterocycles. The van der Waals surface area contributed by atoms with Crippen LogP contribution < -0.4 is 5.32 Å². The molecule has 1 aromatic heterocycles. The number of nitrogens with one attached hydrogen (secondary N) is 1. The molecule has 17 heavy (non-hydrogen) atoms. The van der Waals surface area contributed by atoms with E-state index in [9.17, 15) is 4.79 Å². The second kappa shape index (κ2) is 5.23. The number of para-hydroxylation sites is 1. The Morgan fingerprint density at radius 2 is 2.24 bits per heavy atom. The van der Waals surface area contributed by atoms with E-state index in [4.69, 9.17) is 16.0 Å². The highest BCUT2D eigenvalue weighted by atomic mass is 35.5. The van der Waals surface area contributed by atoms with Gasteiger partial charge < -0.3 is 9.73 Å². The lowest BCUT2D eigenvalue weighted by atomic mass is 10.2. The van der Waals surface area contributed by atoms with Crippen LogP contribution in [0.1, 0.15) is 25.1 Å². The molecule has 90 valence electrons. The molecule has 1 amide bonds. The molecule has 0 saturated heterocycles. The maximum atomic E-state index is 11.4. The fourth-order valence-corrected chi connectivity index (χ4v) is 1.86. The first kappa shape index (κ1) is 12.0. The molecule has 2 aromatic rings. The lowest BCUT2D eigenvalue weighted by Gasteiger charge is -2.10. The summed E-state index contributed by atoms with van der Waals surface area (Å²) in [5, 5.41) is 3.88. The monoisotopic (exact) mass is 251 g/mol. The molecule has 0 saturated carbocycles. The van der Waals surface area contributed by atoms with E-state index >= 15 is 0 Å². The molecule has 1 heterocycles. The smallest absolute Gasteiger partial charge is 0.221 e. The summed E-state index contributed by atoms with van der Waals surface area (Å²) in [5.41, 5.74) is 0.834. The van der Waals surface area contributed by atoms with Crippen molar-refractivity contribution in [2.75, 3.05) is 5.88 Å². The van der Waals surface area contributed by atoms with Crippen molar-refractivity contribution in [3.05, 3.63) is 36.1 Å². The summed E-state index contributed by atoms with van der Waals surface area (Å²) in [7, 11) is 0. The molecule has 1 unspecified atom stereocenters. The maximum Gasteiger partial charge on any atom is 0.221 e. The minimum Gasteiger partial charge on any atom is -0.459 e. The standard InChI is InChI=1S/C13H14ClNO2/c1-9(15-13(16)6-7-14)12-8-10-4-2-3-5-11(10)17-12/h2-5,8-9H,6-7H2,1H3,(H,15,16). The number of hydrogen-bond acceptors (Lipinski definition) is 2. The van der Waals surface area contributed by atoms with Crippen molar-refractivity contribution in [1.82, 2.24) is 5.32 Å². The summed E-state index contributed by atoms with van der Waals surface area (Å²) in [6, 6.07) is 9.58. The lowest BCUT2D eigenvalue weighted by Crippen LogP contribution is -2.26. The Bertz CT molecular complexity index is 488. The quantitative estimate of drug-likeness (QED) is 0.848. The highest BCUT2D eigenvalue weighted by Gasteiger charge is 2.13. The molecular formula is C13H14ClNO2. The van der Waals surface area contributed by atoms with Crippen molar-refractivity contribution < 1.29 is 9.21 Å². The predicted octanol–water partition coefficient (Wildman–Crippen LogP) is 3.24. The number of carbonyl (C=O) groups is 1. The average molecular weight is 252 g/mol. The first-order chi connectivity index (χ1) is 8.20. The van der Waals surface area contributed by atoms with Crippen LogP contribution in [0.25, 0.3) is 11.0 Å².